The fourth-order valence-corrected chi connectivity index (χ4v) is 2.46. The van der Waals surface area contributed by atoms with Crippen LogP contribution in [0.5, 0.6) is 11.5 Å². The van der Waals surface area contributed by atoms with E-state index in [-0.39, 0.29) is 5.75 Å². The summed E-state index contributed by atoms with van der Waals surface area (Å²) < 4.78 is 28.5. The molecule has 0 spiro atoms. The van der Waals surface area contributed by atoms with Crippen molar-refractivity contribution >= 4 is 35.2 Å². The number of methoxy groups -OCH3 is 2. The first kappa shape index (κ1) is 21.2. The molecule has 2 aromatic rings. The number of carbonyl (C=O) groups excluding carboxylic acids is 2. The van der Waals surface area contributed by atoms with Crippen molar-refractivity contribution in [3.8, 4) is 11.5 Å². The van der Waals surface area contributed by atoms with Crippen LogP contribution in [0.25, 0.3) is 6.08 Å². The SMILES string of the molecule is COc1ccc(/C=C/C(=O)O[C@H](C)C(=O)Nc2ccc(OC)c(Cl)c2)cc1F. The highest BCUT2D eigenvalue weighted by atomic mass is 35.5. The normalized spacial score (nSPS) is 11.8. The Morgan fingerprint density at radius 3 is 2.39 bits per heavy atom. The first-order chi connectivity index (χ1) is 13.3. The lowest BCUT2D eigenvalue weighted by atomic mass is 10.2. The number of esters is 1. The second-order valence-electron chi connectivity index (χ2n) is 5.65. The van der Waals surface area contributed by atoms with E-state index >= 15 is 0 Å². The smallest absolute Gasteiger partial charge is 0.331 e. The minimum Gasteiger partial charge on any atom is -0.495 e. The van der Waals surface area contributed by atoms with Gasteiger partial charge in [-0.15, -0.1) is 0 Å². The number of benzene rings is 2. The maximum absolute atomic E-state index is 13.6. The molecule has 0 radical (unpaired) electrons. The van der Waals surface area contributed by atoms with Crippen molar-refractivity contribution in [3.05, 3.63) is 58.9 Å². The summed E-state index contributed by atoms with van der Waals surface area (Å²) in [6, 6.07) is 8.96. The van der Waals surface area contributed by atoms with Crippen LogP contribution in [0.4, 0.5) is 10.1 Å². The number of carbonyl (C=O) groups is 2. The van der Waals surface area contributed by atoms with Gasteiger partial charge >= 0.3 is 5.97 Å². The predicted molar refractivity (Wildman–Crippen MR) is 104 cm³/mol. The Hall–Kier alpha value is -3.06. The number of ether oxygens (including phenoxy) is 3. The number of rotatable bonds is 7. The highest BCUT2D eigenvalue weighted by molar-refractivity contribution is 6.32. The predicted octanol–water partition coefficient (Wildman–Crippen LogP) is 4.08. The second-order valence-corrected chi connectivity index (χ2v) is 6.05. The van der Waals surface area contributed by atoms with Gasteiger partial charge in [0.1, 0.15) is 5.75 Å². The third-order valence-electron chi connectivity index (χ3n) is 3.67. The molecule has 8 heteroatoms. The van der Waals surface area contributed by atoms with Crippen LogP contribution in [-0.4, -0.2) is 32.2 Å². The second kappa shape index (κ2) is 9.75. The molecule has 0 aromatic heterocycles. The number of hydrogen-bond donors (Lipinski definition) is 1. The molecule has 148 valence electrons. The Labute approximate surface area is 166 Å². The summed E-state index contributed by atoms with van der Waals surface area (Å²) in [6.45, 7) is 1.43. The highest BCUT2D eigenvalue weighted by Crippen LogP contribution is 2.27. The van der Waals surface area contributed by atoms with E-state index in [9.17, 15) is 14.0 Å². The average molecular weight is 408 g/mol. The van der Waals surface area contributed by atoms with Gasteiger partial charge in [0, 0.05) is 11.8 Å². The van der Waals surface area contributed by atoms with Gasteiger partial charge in [-0.1, -0.05) is 17.7 Å². The van der Waals surface area contributed by atoms with Gasteiger partial charge in [-0.25, -0.2) is 9.18 Å². The topological polar surface area (TPSA) is 73.9 Å². The van der Waals surface area contributed by atoms with E-state index in [0.717, 1.165) is 6.08 Å². The molecule has 2 aromatic carbocycles. The van der Waals surface area contributed by atoms with Crippen molar-refractivity contribution in [3.63, 3.8) is 0 Å². The summed E-state index contributed by atoms with van der Waals surface area (Å²) in [5, 5.41) is 2.92. The summed E-state index contributed by atoms with van der Waals surface area (Å²) in [5.74, 6) is -1.25. The van der Waals surface area contributed by atoms with Crippen molar-refractivity contribution in [2.45, 2.75) is 13.0 Å². The number of amides is 1. The molecule has 0 aliphatic carbocycles. The molecule has 1 N–H and O–H groups in total. The molecule has 0 aliphatic heterocycles. The van der Waals surface area contributed by atoms with Gasteiger partial charge in [-0.05, 0) is 48.9 Å². The fourth-order valence-electron chi connectivity index (χ4n) is 2.21. The molecule has 0 aliphatic rings. The highest BCUT2D eigenvalue weighted by Gasteiger charge is 2.17. The monoisotopic (exact) mass is 407 g/mol. The molecule has 0 fully saturated rings. The number of halogens is 2. The van der Waals surface area contributed by atoms with Crippen LogP contribution in [-0.2, 0) is 14.3 Å². The summed E-state index contributed by atoms with van der Waals surface area (Å²) in [6.07, 6.45) is 1.43. The van der Waals surface area contributed by atoms with E-state index in [0.29, 0.717) is 22.0 Å². The molecule has 1 atom stereocenters. The summed E-state index contributed by atoms with van der Waals surface area (Å²) in [5.41, 5.74) is 0.878. The standard InChI is InChI=1S/C20H19ClFNO5/c1-12(20(25)23-14-6-8-17(26-2)15(21)11-14)28-19(24)9-5-13-4-7-18(27-3)16(22)10-13/h4-12H,1-3H3,(H,23,25)/b9-5+/t12-/m1/s1. The van der Waals surface area contributed by atoms with Gasteiger partial charge in [-0.2, -0.15) is 0 Å². The Balaban J connectivity index is 1.93. The van der Waals surface area contributed by atoms with Crippen LogP contribution < -0.4 is 14.8 Å². The molecule has 0 unspecified atom stereocenters. The molecule has 0 saturated carbocycles. The van der Waals surface area contributed by atoms with Gasteiger partial charge < -0.3 is 19.5 Å². The molecule has 0 saturated heterocycles. The van der Waals surface area contributed by atoms with E-state index in [1.807, 2.05) is 0 Å². The van der Waals surface area contributed by atoms with E-state index in [1.54, 1.807) is 18.2 Å². The minimum absolute atomic E-state index is 0.101. The lowest BCUT2D eigenvalue weighted by Gasteiger charge is -2.13. The Kier molecular flexibility index (Phi) is 7.40. The Bertz CT molecular complexity index is 900. The van der Waals surface area contributed by atoms with E-state index in [2.05, 4.69) is 5.32 Å². The first-order valence-electron chi connectivity index (χ1n) is 8.20. The van der Waals surface area contributed by atoms with Crippen LogP contribution in [0.1, 0.15) is 12.5 Å². The van der Waals surface area contributed by atoms with Gasteiger partial charge in [-0.3, -0.25) is 4.79 Å². The molecule has 1 amide bonds. The van der Waals surface area contributed by atoms with E-state index in [1.165, 1.54) is 45.4 Å². The van der Waals surface area contributed by atoms with Gasteiger partial charge in [0.25, 0.3) is 5.91 Å². The third-order valence-corrected chi connectivity index (χ3v) is 3.96. The maximum Gasteiger partial charge on any atom is 0.331 e. The van der Waals surface area contributed by atoms with Crippen molar-refractivity contribution in [1.29, 1.82) is 0 Å². The van der Waals surface area contributed by atoms with Crippen molar-refractivity contribution in [1.82, 2.24) is 0 Å². The van der Waals surface area contributed by atoms with Crippen molar-refractivity contribution < 1.29 is 28.2 Å². The van der Waals surface area contributed by atoms with Crippen LogP contribution >= 0.6 is 11.6 Å². The lowest BCUT2D eigenvalue weighted by Crippen LogP contribution is -2.29. The fraction of sp³-hybridized carbons (Fsp3) is 0.200. The van der Waals surface area contributed by atoms with Crippen LogP contribution in [0.3, 0.4) is 0 Å². The zero-order valence-corrected chi connectivity index (χ0v) is 16.2. The third kappa shape index (κ3) is 5.72. The maximum atomic E-state index is 13.6. The zero-order chi connectivity index (χ0) is 20.7. The van der Waals surface area contributed by atoms with E-state index in [4.69, 9.17) is 25.8 Å². The van der Waals surface area contributed by atoms with E-state index < -0.39 is 23.8 Å². The molecule has 0 bridgehead atoms. The number of nitrogens with one attached hydrogen (secondary N) is 1. The van der Waals surface area contributed by atoms with Gasteiger partial charge in [0.15, 0.2) is 17.7 Å². The molecule has 2 rings (SSSR count). The lowest BCUT2D eigenvalue weighted by molar-refractivity contribution is -0.148. The first-order valence-corrected chi connectivity index (χ1v) is 8.58. The largest absolute Gasteiger partial charge is 0.495 e. The molecular formula is C20H19ClFNO5. The van der Waals surface area contributed by atoms with Gasteiger partial charge in [0.05, 0.1) is 19.2 Å². The molecular weight excluding hydrogens is 389 g/mol. The molecule has 0 heterocycles. The quantitative estimate of drug-likeness (QED) is 0.553. The Morgan fingerprint density at radius 1 is 1.11 bits per heavy atom. The molecule has 28 heavy (non-hydrogen) atoms. The summed E-state index contributed by atoms with van der Waals surface area (Å²) in [7, 11) is 2.84. The number of hydrogen-bond acceptors (Lipinski definition) is 5. The number of anilines is 1. The van der Waals surface area contributed by atoms with Crippen molar-refractivity contribution in [2.24, 2.45) is 0 Å². The van der Waals surface area contributed by atoms with Gasteiger partial charge in [0.2, 0.25) is 0 Å². The Morgan fingerprint density at radius 2 is 1.79 bits per heavy atom. The van der Waals surface area contributed by atoms with Crippen LogP contribution in [0.2, 0.25) is 5.02 Å². The summed E-state index contributed by atoms with van der Waals surface area (Å²) >= 11 is 6.00. The zero-order valence-electron chi connectivity index (χ0n) is 15.5. The van der Waals surface area contributed by atoms with Crippen molar-refractivity contribution in [2.75, 3.05) is 19.5 Å². The average Bonchev–Trinajstić information content (AvgIpc) is 2.66. The molecule has 6 nitrogen and oxygen atoms in total. The van der Waals surface area contributed by atoms with Crippen LogP contribution in [0.15, 0.2) is 42.5 Å². The van der Waals surface area contributed by atoms with Crippen LogP contribution in [0, 0.1) is 5.82 Å². The summed E-state index contributed by atoms with van der Waals surface area (Å²) in [4.78, 5) is 24.0. The minimum atomic E-state index is -1.05.